The van der Waals surface area contributed by atoms with Crippen molar-refractivity contribution in [2.45, 2.75) is 4.90 Å². The zero-order valence-corrected chi connectivity index (χ0v) is 17.4. The summed E-state index contributed by atoms with van der Waals surface area (Å²) >= 11 is 11.8. The van der Waals surface area contributed by atoms with Crippen LogP contribution in [0.15, 0.2) is 53.6 Å². The van der Waals surface area contributed by atoms with Gasteiger partial charge in [-0.1, -0.05) is 47.5 Å². The van der Waals surface area contributed by atoms with Gasteiger partial charge in [0, 0.05) is 24.7 Å². The highest BCUT2D eigenvalue weighted by Crippen LogP contribution is 2.41. The van der Waals surface area contributed by atoms with Crippen LogP contribution in [0.3, 0.4) is 0 Å². The fraction of sp³-hybridized carbons (Fsp3) is 0.158. The number of nitrogens with one attached hydrogen (secondary N) is 2. The third-order valence-corrected chi connectivity index (χ3v) is 6.81. The van der Waals surface area contributed by atoms with Crippen LogP contribution in [0.1, 0.15) is 0 Å². The summed E-state index contributed by atoms with van der Waals surface area (Å²) in [5.41, 5.74) is 0.517. The van der Waals surface area contributed by atoms with Gasteiger partial charge in [-0.15, -0.1) is 0 Å². The minimum Gasteiger partial charge on any atom is -0.367 e. The number of hydrogen-bond donors (Lipinski definition) is 2. The Morgan fingerprint density at radius 1 is 1.10 bits per heavy atom. The normalized spacial score (nSPS) is 14.2. The zero-order chi connectivity index (χ0) is 20.6. The summed E-state index contributed by atoms with van der Waals surface area (Å²) in [5.74, 6) is 0.0462. The van der Waals surface area contributed by atoms with Crippen LogP contribution in [0.4, 0.5) is 11.5 Å². The van der Waals surface area contributed by atoms with E-state index in [1.54, 1.807) is 30.3 Å². The smallest absolute Gasteiger partial charge is 0.265 e. The minimum absolute atomic E-state index is 0.225. The molecule has 10 heteroatoms. The molecule has 29 heavy (non-hydrogen) atoms. The van der Waals surface area contributed by atoms with Crippen molar-refractivity contribution in [1.82, 2.24) is 10.3 Å². The highest BCUT2D eigenvalue weighted by Gasteiger charge is 2.36. The lowest BCUT2D eigenvalue weighted by Gasteiger charge is -2.18. The van der Waals surface area contributed by atoms with Gasteiger partial charge in [0.2, 0.25) is 5.91 Å². The molecule has 0 atom stereocenters. The molecular weight excluding hydrogens is 435 g/mol. The van der Waals surface area contributed by atoms with Crippen LogP contribution in [0.25, 0.3) is 10.8 Å². The summed E-state index contributed by atoms with van der Waals surface area (Å²) < 4.78 is 26.9. The molecule has 0 aliphatic carbocycles. The van der Waals surface area contributed by atoms with Crippen molar-refractivity contribution in [1.29, 1.82) is 0 Å². The molecule has 0 unspecified atom stereocenters. The predicted molar refractivity (Wildman–Crippen MR) is 114 cm³/mol. The van der Waals surface area contributed by atoms with Crippen LogP contribution in [0.5, 0.6) is 0 Å². The third-order valence-electron chi connectivity index (χ3n) is 4.52. The van der Waals surface area contributed by atoms with Gasteiger partial charge in [-0.05, 0) is 23.6 Å². The van der Waals surface area contributed by atoms with Gasteiger partial charge in [0.05, 0.1) is 20.6 Å². The van der Waals surface area contributed by atoms with E-state index in [0.29, 0.717) is 33.5 Å². The Morgan fingerprint density at radius 2 is 1.86 bits per heavy atom. The second-order valence-electron chi connectivity index (χ2n) is 6.40. The third kappa shape index (κ3) is 3.71. The molecule has 0 fully saturated rings. The van der Waals surface area contributed by atoms with E-state index < -0.39 is 15.9 Å². The largest absolute Gasteiger partial charge is 0.367 e. The van der Waals surface area contributed by atoms with Crippen molar-refractivity contribution < 1.29 is 13.2 Å². The molecule has 0 bridgehead atoms. The number of sulfonamides is 1. The van der Waals surface area contributed by atoms with Gasteiger partial charge in [0.25, 0.3) is 10.0 Å². The molecule has 1 aromatic heterocycles. The maximum absolute atomic E-state index is 12.9. The van der Waals surface area contributed by atoms with Crippen LogP contribution >= 0.6 is 23.2 Å². The molecule has 0 saturated heterocycles. The molecule has 4 rings (SSSR count). The van der Waals surface area contributed by atoms with Gasteiger partial charge in [0.15, 0.2) is 0 Å². The topological polar surface area (TPSA) is 91.4 Å². The summed E-state index contributed by atoms with van der Waals surface area (Å²) in [5, 5.41) is 7.96. The number of anilines is 2. The summed E-state index contributed by atoms with van der Waals surface area (Å²) in [6, 6.07) is 12.0. The van der Waals surface area contributed by atoms with Crippen molar-refractivity contribution in [2.24, 2.45) is 0 Å². The lowest BCUT2D eigenvalue weighted by Crippen LogP contribution is -2.40. The quantitative estimate of drug-likeness (QED) is 0.562. The lowest BCUT2D eigenvalue weighted by atomic mass is 10.1. The Morgan fingerprint density at radius 3 is 2.62 bits per heavy atom. The van der Waals surface area contributed by atoms with Crippen molar-refractivity contribution in [3.63, 3.8) is 0 Å². The highest BCUT2D eigenvalue weighted by molar-refractivity contribution is 7.93. The van der Waals surface area contributed by atoms with E-state index in [1.165, 1.54) is 6.20 Å². The van der Waals surface area contributed by atoms with Crippen LogP contribution < -0.4 is 14.9 Å². The van der Waals surface area contributed by atoms with E-state index in [4.69, 9.17) is 23.2 Å². The molecule has 2 N–H and O–H groups in total. The monoisotopic (exact) mass is 450 g/mol. The SMILES string of the molecule is O=C(CN1c2cccc3cccc(c23)S1(=O)=O)NCCNc1ncc(Cl)cc1Cl. The molecule has 7 nitrogen and oxygen atoms in total. The molecule has 3 aromatic rings. The van der Waals surface area contributed by atoms with Crippen molar-refractivity contribution in [2.75, 3.05) is 29.3 Å². The van der Waals surface area contributed by atoms with E-state index in [2.05, 4.69) is 15.6 Å². The van der Waals surface area contributed by atoms with Gasteiger partial charge < -0.3 is 10.6 Å². The average Bonchev–Trinajstić information content (AvgIpc) is 2.90. The number of nitrogens with zero attached hydrogens (tertiary/aromatic N) is 2. The number of carbonyl (C=O) groups excluding carboxylic acids is 1. The Kier molecular flexibility index (Phi) is 5.24. The van der Waals surface area contributed by atoms with Gasteiger partial charge in [-0.25, -0.2) is 13.4 Å². The number of aromatic nitrogens is 1. The second-order valence-corrected chi connectivity index (χ2v) is 9.08. The molecular formula is C19H16Cl2N4O3S. The Labute approximate surface area is 177 Å². The number of halogens is 2. The van der Waals surface area contributed by atoms with Crippen molar-refractivity contribution >= 4 is 61.4 Å². The molecule has 0 spiro atoms. The van der Waals surface area contributed by atoms with Crippen LogP contribution in [-0.4, -0.2) is 38.9 Å². The van der Waals surface area contributed by atoms with Gasteiger partial charge in [-0.3, -0.25) is 9.10 Å². The summed E-state index contributed by atoms with van der Waals surface area (Å²) in [6.45, 7) is 0.337. The first-order valence-electron chi connectivity index (χ1n) is 8.74. The number of hydrogen-bond acceptors (Lipinski definition) is 5. The number of carbonyl (C=O) groups is 1. The maximum Gasteiger partial charge on any atom is 0.265 e. The van der Waals surface area contributed by atoms with Crippen molar-refractivity contribution in [3.8, 4) is 0 Å². The first kappa shape index (κ1) is 19.8. The summed E-state index contributed by atoms with van der Waals surface area (Å²) in [6.07, 6.45) is 1.46. The molecule has 1 aliphatic rings. The molecule has 1 aliphatic heterocycles. The Hall–Kier alpha value is -2.55. The number of rotatable bonds is 6. The fourth-order valence-corrected chi connectivity index (χ4v) is 5.36. The predicted octanol–water partition coefficient (Wildman–Crippen LogP) is 3.28. The number of amides is 1. The van der Waals surface area contributed by atoms with Crippen LogP contribution in [-0.2, 0) is 14.8 Å². The second kappa shape index (κ2) is 7.70. The number of benzene rings is 2. The molecule has 0 saturated carbocycles. The number of pyridine rings is 1. The minimum atomic E-state index is -3.76. The fourth-order valence-electron chi connectivity index (χ4n) is 3.24. The Balaban J connectivity index is 1.40. The molecule has 1 amide bonds. The molecule has 0 radical (unpaired) electrons. The van der Waals surface area contributed by atoms with E-state index in [0.717, 1.165) is 9.69 Å². The van der Waals surface area contributed by atoms with E-state index in [-0.39, 0.29) is 18.0 Å². The first-order chi connectivity index (χ1) is 13.9. The van der Waals surface area contributed by atoms with Gasteiger partial charge in [-0.2, -0.15) is 0 Å². The standard InChI is InChI=1S/C19H16Cl2N4O3S/c20-13-9-14(21)19(24-10-13)23-8-7-22-17(26)11-25-15-5-1-3-12-4-2-6-16(18(12)15)29(25,27)28/h1-6,9-10H,7-8,11H2,(H,22,26)(H,23,24). The van der Waals surface area contributed by atoms with E-state index in [9.17, 15) is 13.2 Å². The van der Waals surface area contributed by atoms with Gasteiger partial charge in [0.1, 0.15) is 12.4 Å². The van der Waals surface area contributed by atoms with E-state index in [1.807, 2.05) is 12.1 Å². The summed E-state index contributed by atoms with van der Waals surface area (Å²) in [7, 11) is -3.76. The van der Waals surface area contributed by atoms with Crippen LogP contribution in [0, 0.1) is 0 Å². The van der Waals surface area contributed by atoms with Gasteiger partial charge >= 0.3 is 0 Å². The Bertz CT molecular complexity index is 1210. The molecule has 2 aromatic carbocycles. The first-order valence-corrected chi connectivity index (χ1v) is 10.9. The molecule has 2 heterocycles. The van der Waals surface area contributed by atoms with Crippen molar-refractivity contribution in [3.05, 3.63) is 58.7 Å². The molecule has 150 valence electrons. The lowest BCUT2D eigenvalue weighted by molar-refractivity contribution is -0.119. The maximum atomic E-state index is 12.9. The zero-order valence-electron chi connectivity index (χ0n) is 15.0. The highest BCUT2D eigenvalue weighted by atomic mass is 35.5. The van der Waals surface area contributed by atoms with Crippen LogP contribution in [0.2, 0.25) is 10.0 Å². The summed E-state index contributed by atoms with van der Waals surface area (Å²) in [4.78, 5) is 16.7. The van der Waals surface area contributed by atoms with E-state index >= 15 is 0 Å². The average molecular weight is 451 g/mol.